The van der Waals surface area contributed by atoms with Crippen molar-refractivity contribution in [1.29, 1.82) is 0 Å². The van der Waals surface area contributed by atoms with Crippen LogP contribution in [0.25, 0.3) is 0 Å². The molecule has 98 valence electrons. The lowest BCUT2D eigenvalue weighted by molar-refractivity contribution is 0.170. The Kier molecular flexibility index (Phi) is 7.10. The summed E-state index contributed by atoms with van der Waals surface area (Å²) in [4.78, 5) is 0. The zero-order chi connectivity index (χ0) is 13.2. The normalized spacial score (nSPS) is 14.8. The molecular formula is C12H17B3O4. The van der Waals surface area contributed by atoms with Crippen molar-refractivity contribution < 1.29 is 18.4 Å². The summed E-state index contributed by atoms with van der Waals surface area (Å²) in [7, 11) is 1.75. The number of aryl methyl sites for hydroxylation is 1. The molecule has 1 aromatic carbocycles. The molecule has 4 nitrogen and oxygen atoms in total. The number of hydrogen-bond acceptors (Lipinski definition) is 4. The highest BCUT2D eigenvalue weighted by atomic mass is 16.8. The first-order valence-electron chi connectivity index (χ1n) is 6.70. The molecule has 0 N–H and O–H groups in total. The molecule has 0 unspecified atom stereocenters. The molecule has 1 aliphatic rings. The summed E-state index contributed by atoms with van der Waals surface area (Å²) >= 11 is 0. The zero-order valence-corrected chi connectivity index (χ0v) is 11.0. The molecule has 2 radical (unpaired) electrons. The zero-order valence-electron chi connectivity index (χ0n) is 11.0. The van der Waals surface area contributed by atoms with Gasteiger partial charge in [0, 0.05) is 6.61 Å². The van der Waals surface area contributed by atoms with Gasteiger partial charge in [-0.1, -0.05) is 43.2 Å². The van der Waals surface area contributed by atoms with E-state index in [0.717, 1.165) is 19.3 Å². The predicted octanol–water partition coefficient (Wildman–Crippen LogP) is 1.92. The van der Waals surface area contributed by atoms with Gasteiger partial charge in [0.15, 0.2) is 0 Å². The second kappa shape index (κ2) is 9.21. The highest BCUT2D eigenvalue weighted by Crippen LogP contribution is 2.08. The topological polar surface area (TPSA) is 36.9 Å². The number of unbranched alkanes of at least 4 members (excludes halogenated alkanes) is 3. The first-order chi connectivity index (χ1) is 9.45. The fourth-order valence-electron chi connectivity index (χ4n) is 1.90. The van der Waals surface area contributed by atoms with Crippen LogP contribution in [0, 0.1) is 0 Å². The average Bonchev–Trinajstić information content (AvgIpc) is 2.48. The first kappa shape index (κ1) is 14.7. The third-order valence-electron chi connectivity index (χ3n) is 2.90. The summed E-state index contributed by atoms with van der Waals surface area (Å²) in [5.74, 6) is 0. The monoisotopic (exact) mass is 258 g/mol. The second-order valence-corrected chi connectivity index (χ2v) is 4.41. The van der Waals surface area contributed by atoms with Gasteiger partial charge in [0.05, 0.1) is 0 Å². The summed E-state index contributed by atoms with van der Waals surface area (Å²) in [6, 6.07) is 10.6. The Hall–Kier alpha value is -0.745. The lowest BCUT2D eigenvalue weighted by Crippen LogP contribution is -2.37. The second-order valence-electron chi connectivity index (χ2n) is 4.41. The van der Waals surface area contributed by atoms with Crippen LogP contribution in [0.3, 0.4) is 0 Å². The Balaban J connectivity index is 1.42. The van der Waals surface area contributed by atoms with Crippen LogP contribution in [0.4, 0.5) is 0 Å². The fourth-order valence-corrected chi connectivity index (χ4v) is 1.90. The van der Waals surface area contributed by atoms with E-state index in [9.17, 15) is 0 Å². The van der Waals surface area contributed by atoms with E-state index in [1.165, 1.54) is 33.8 Å². The van der Waals surface area contributed by atoms with Gasteiger partial charge in [-0.25, -0.2) is 0 Å². The van der Waals surface area contributed by atoms with E-state index in [-0.39, 0.29) is 0 Å². The lowest BCUT2D eigenvalue weighted by atomic mass is 10.0. The van der Waals surface area contributed by atoms with Crippen molar-refractivity contribution >= 4 is 22.7 Å². The molecular weight excluding hydrogens is 241 g/mol. The van der Waals surface area contributed by atoms with Gasteiger partial charge >= 0.3 is 22.7 Å². The lowest BCUT2D eigenvalue weighted by Gasteiger charge is -2.17. The quantitative estimate of drug-likeness (QED) is 0.527. The maximum atomic E-state index is 5.36. The van der Waals surface area contributed by atoms with Crippen LogP contribution in [-0.2, 0) is 24.8 Å². The van der Waals surface area contributed by atoms with Crippen molar-refractivity contribution in [3.8, 4) is 0 Å². The van der Waals surface area contributed by atoms with Crippen LogP contribution in [0.15, 0.2) is 30.3 Å². The van der Waals surface area contributed by atoms with Crippen LogP contribution < -0.4 is 0 Å². The van der Waals surface area contributed by atoms with Gasteiger partial charge in [0.1, 0.15) is 0 Å². The SMILES string of the molecule is [B]1O[B]OB(OCCCCCCc2ccccc2)O1. The van der Waals surface area contributed by atoms with Crippen molar-refractivity contribution in [3.05, 3.63) is 35.9 Å². The van der Waals surface area contributed by atoms with Gasteiger partial charge in [0.2, 0.25) is 0 Å². The Labute approximate surface area is 116 Å². The van der Waals surface area contributed by atoms with Gasteiger partial charge in [-0.15, -0.1) is 0 Å². The van der Waals surface area contributed by atoms with E-state index in [1.807, 2.05) is 0 Å². The van der Waals surface area contributed by atoms with Crippen molar-refractivity contribution in [3.63, 3.8) is 0 Å². The Bertz CT molecular complexity index is 333. The largest absolute Gasteiger partial charge is 0.610 e. The first-order valence-corrected chi connectivity index (χ1v) is 6.70. The van der Waals surface area contributed by atoms with Gasteiger partial charge in [-0.3, -0.25) is 0 Å². The predicted molar refractivity (Wildman–Crippen MR) is 75.1 cm³/mol. The van der Waals surface area contributed by atoms with Gasteiger partial charge in [-0.05, 0) is 24.8 Å². The van der Waals surface area contributed by atoms with Crippen LogP contribution in [-0.4, -0.2) is 29.3 Å². The molecule has 19 heavy (non-hydrogen) atoms. The van der Waals surface area contributed by atoms with Crippen LogP contribution in [0.2, 0.25) is 0 Å². The van der Waals surface area contributed by atoms with Crippen molar-refractivity contribution in [2.24, 2.45) is 0 Å². The van der Waals surface area contributed by atoms with E-state index in [4.69, 9.17) is 13.8 Å². The fraction of sp³-hybridized carbons (Fsp3) is 0.500. The molecule has 1 fully saturated rings. The third-order valence-corrected chi connectivity index (χ3v) is 2.90. The van der Waals surface area contributed by atoms with Crippen LogP contribution >= 0.6 is 0 Å². The molecule has 0 atom stereocenters. The van der Waals surface area contributed by atoms with E-state index in [1.54, 1.807) is 0 Å². The van der Waals surface area contributed by atoms with E-state index >= 15 is 0 Å². The number of hydrogen-bond donors (Lipinski definition) is 0. The summed E-state index contributed by atoms with van der Waals surface area (Å²) in [5, 5.41) is 0. The van der Waals surface area contributed by atoms with Crippen molar-refractivity contribution in [1.82, 2.24) is 0 Å². The number of benzene rings is 1. The minimum atomic E-state index is -0.655. The minimum absolute atomic E-state index is 0.637. The summed E-state index contributed by atoms with van der Waals surface area (Å²) < 4.78 is 19.9. The molecule has 1 saturated heterocycles. The standard InChI is InChI=1S/C12H17B3O4/c1(4-8-12-9-5-3-6-10-12)2-7-11-16-15-18-13-17-14-19-15/h3,5-6,9-10H,1-2,4,7-8,11H2. The van der Waals surface area contributed by atoms with Crippen LogP contribution in [0.5, 0.6) is 0 Å². The Morgan fingerprint density at radius 1 is 0.947 bits per heavy atom. The molecule has 1 aliphatic heterocycles. The van der Waals surface area contributed by atoms with Crippen LogP contribution in [0.1, 0.15) is 31.2 Å². The van der Waals surface area contributed by atoms with E-state index in [2.05, 4.69) is 34.9 Å². The summed E-state index contributed by atoms with van der Waals surface area (Å²) in [6.45, 7) is 0.637. The molecule has 1 aromatic rings. The van der Waals surface area contributed by atoms with Gasteiger partial charge < -0.3 is 18.4 Å². The Morgan fingerprint density at radius 3 is 2.47 bits per heavy atom. The molecule has 0 amide bonds. The summed E-state index contributed by atoms with van der Waals surface area (Å²) in [6.07, 6.45) is 5.75. The summed E-state index contributed by atoms with van der Waals surface area (Å²) in [5.41, 5.74) is 1.41. The van der Waals surface area contributed by atoms with Gasteiger partial charge in [-0.2, -0.15) is 0 Å². The van der Waals surface area contributed by atoms with Crippen molar-refractivity contribution in [2.75, 3.05) is 6.61 Å². The molecule has 2 rings (SSSR count). The minimum Gasteiger partial charge on any atom is -0.457 e. The maximum absolute atomic E-state index is 5.36. The maximum Gasteiger partial charge on any atom is 0.610 e. The molecule has 0 aliphatic carbocycles. The van der Waals surface area contributed by atoms with Crippen molar-refractivity contribution in [2.45, 2.75) is 32.1 Å². The highest BCUT2D eigenvalue weighted by Gasteiger charge is 2.26. The third kappa shape index (κ3) is 6.30. The molecule has 0 bridgehead atoms. The highest BCUT2D eigenvalue weighted by molar-refractivity contribution is 6.57. The molecule has 7 heteroatoms. The molecule has 0 saturated carbocycles. The molecule has 0 aromatic heterocycles. The van der Waals surface area contributed by atoms with E-state index in [0.29, 0.717) is 6.61 Å². The molecule has 0 spiro atoms. The smallest absolute Gasteiger partial charge is 0.457 e. The average molecular weight is 258 g/mol. The Morgan fingerprint density at radius 2 is 1.68 bits per heavy atom. The van der Waals surface area contributed by atoms with Gasteiger partial charge in [0.25, 0.3) is 0 Å². The van der Waals surface area contributed by atoms with E-state index < -0.39 is 7.32 Å². The number of rotatable bonds is 8. The molecule has 1 heterocycles.